The fourth-order valence-corrected chi connectivity index (χ4v) is 5.93. The van der Waals surface area contributed by atoms with E-state index < -0.39 is 23.6 Å². The van der Waals surface area contributed by atoms with Crippen LogP contribution in [0.5, 0.6) is 0 Å². The molecule has 0 spiro atoms. The third-order valence-electron chi connectivity index (χ3n) is 8.30. The molecule has 0 amide bonds. The molecule has 4 heteroatoms. The number of ether oxygens (including phenoxy) is 1. The minimum absolute atomic E-state index is 0.158. The molecule has 0 unspecified atom stereocenters. The number of aliphatic carboxylic acids is 1. The van der Waals surface area contributed by atoms with Crippen LogP contribution in [-0.4, -0.2) is 28.9 Å². The maximum absolute atomic E-state index is 12.5. The van der Waals surface area contributed by atoms with Crippen LogP contribution in [0.2, 0.25) is 0 Å². The average molecular weight is 585 g/mol. The number of hydrogen-bond donors (Lipinski definition) is 2. The van der Waals surface area contributed by atoms with Gasteiger partial charge in [-0.25, -0.2) is 0 Å². The molecule has 0 saturated heterocycles. The molecule has 2 atom stereocenters. The van der Waals surface area contributed by atoms with Crippen molar-refractivity contribution in [3.05, 3.63) is 179 Å². The van der Waals surface area contributed by atoms with E-state index in [0.717, 1.165) is 41.5 Å². The van der Waals surface area contributed by atoms with Gasteiger partial charge in [0.25, 0.3) is 0 Å². The van der Waals surface area contributed by atoms with Crippen LogP contribution in [0.15, 0.2) is 146 Å². The molecular formula is C40H40O4. The zero-order valence-electron chi connectivity index (χ0n) is 25.0. The van der Waals surface area contributed by atoms with E-state index in [2.05, 4.69) is 36.4 Å². The lowest BCUT2D eigenvalue weighted by Gasteiger charge is -2.37. The largest absolute Gasteiger partial charge is 0.481 e. The van der Waals surface area contributed by atoms with Crippen LogP contribution in [0, 0.1) is 5.92 Å². The van der Waals surface area contributed by atoms with Crippen molar-refractivity contribution < 1.29 is 19.7 Å². The number of carboxylic acids is 1. The molecule has 0 saturated carbocycles. The van der Waals surface area contributed by atoms with E-state index in [1.807, 2.05) is 109 Å². The highest BCUT2D eigenvalue weighted by Gasteiger charge is 2.40. The van der Waals surface area contributed by atoms with Gasteiger partial charge in [0.15, 0.2) is 0 Å². The molecule has 0 aliphatic heterocycles. The summed E-state index contributed by atoms with van der Waals surface area (Å²) >= 11 is 0. The van der Waals surface area contributed by atoms with E-state index in [1.165, 1.54) is 11.1 Å². The Morgan fingerprint density at radius 1 is 0.591 bits per heavy atom. The zero-order chi connectivity index (χ0) is 30.6. The van der Waals surface area contributed by atoms with E-state index in [0.29, 0.717) is 12.8 Å². The zero-order valence-corrected chi connectivity index (χ0v) is 25.0. The van der Waals surface area contributed by atoms with Crippen molar-refractivity contribution >= 4 is 5.97 Å². The molecule has 5 aromatic rings. The van der Waals surface area contributed by atoms with E-state index in [4.69, 9.17) is 4.74 Å². The molecule has 5 aromatic carbocycles. The molecule has 2 N–H and O–H groups in total. The van der Waals surface area contributed by atoms with Gasteiger partial charge in [0.1, 0.15) is 11.5 Å². The number of carboxylic acid groups (broad SMARTS) is 1. The number of hydrogen-bond acceptors (Lipinski definition) is 3. The highest BCUT2D eigenvalue weighted by atomic mass is 16.5. The first-order chi connectivity index (χ1) is 21.6. The minimum atomic E-state index is -1.10. The number of rotatable bonds is 15. The van der Waals surface area contributed by atoms with Crippen molar-refractivity contribution in [2.75, 3.05) is 6.61 Å². The number of carbonyl (C=O) groups is 1. The topological polar surface area (TPSA) is 66.8 Å². The van der Waals surface area contributed by atoms with Crippen LogP contribution in [0.4, 0.5) is 0 Å². The van der Waals surface area contributed by atoms with Gasteiger partial charge < -0.3 is 14.9 Å². The Hall–Kier alpha value is -4.51. The van der Waals surface area contributed by atoms with E-state index in [-0.39, 0.29) is 6.61 Å². The smallest absolute Gasteiger partial charge is 0.311 e. The van der Waals surface area contributed by atoms with E-state index in [9.17, 15) is 15.0 Å². The van der Waals surface area contributed by atoms with Crippen molar-refractivity contribution in [1.82, 2.24) is 0 Å². The molecule has 44 heavy (non-hydrogen) atoms. The minimum Gasteiger partial charge on any atom is -0.481 e. The van der Waals surface area contributed by atoms with Gasteiger partial charge in [-0.3, -0.25) is 4.79 Å². The highest BCUT2D eigenvalue weighted by molar-refractivity contribution is 5.71. The first-order valence-electron chi connectivity index (χ1n) is 15.4. The van der Waals surface area contributed by atoms with E-state index >= 15 is 0 Å². The van der Waals surface area contributed by atoms with Crippen molar-refractivity contribution in [2.24, 2.45) is 5.92 Å². The number of benzene rings is 5. The summed E-state index contributed by atoms with van der Waals surface area (Å²) in [4.78, 5) is 12.5. The summed E-state index contributed by atoms with van der Waals surface area (Å²) in [6.45, 7) is -0.158. The maximum atomic E-state index is 12.5. The Balaban J connectivity index is 1.30. The predicted molar refractivity (Wildman–Crippen MR) is 176 cm³/mol. The molecule has 224 valence electrons. The second kappa shape index (κ2) is 15.3. The lowest BCUT2D eigenvalue weighted by Crippen LogP contribution is -2.39. The van der Waals surface area contributed by atoms with Crippen molar-refractivity contribution in [3.8, 4) is 0 Å². The van der Waals surface area contributed by atoms with E-state index in [1.54, 1.807) is 0 Å². The van der Waals surface area contributed by atoms with Gasteiger partial charge in [-0.2, -0.15) is 0 Å². The Morgan fingerprint density at radius 3 is 1.52 bits per heavy atom. The van der Waals surface area contributed by atoms with Crippen LogP contribution in [-0.2, 0) is 34.4 Å². The van der Waals surface area contributed by atoms with Gasteiger partial charge in [0.05, 0.1) is 12.7 Å². The number of aryl methyl sites for hydroxylation is 3. The predicted octanol–water partition coefficient (Wildman–Crippen LogP) is 7.86. The molecule has 4 nitrogen and oxygen atoms in total. The van der Waals surface area contributed by atoms with Crippen LogP contribution < -0.4 is 0 Å². The summed E-state index contributed by atoms with van der Waals surface area (Å²) in [7, 11) is 0. The Labute approximate surface area is 260 Å². The third-order valence-corrected chi connectivity index (χ3v) is 8.30. The third kappa shape index (κ3) is 7.71. The standard InChI is InChI=1S/C40H40O4/c41-38(28-27-33-20-14-19-32(29-33)18-13-17-31-15-5-1-6-16-31)37(39(42)43)30-44-40(34-21-7-2-8-22-34,35-23-9-3-10-24-35)36-25-11-4-12-26-36/h1-12,14-16,19-26,29,37-38,41H,13,17-18,27-28,30H2,(H,42,43)/t37-,38-/m1/s1. The lowest BCUT2D eigenvalue weighted by molar-refractivity contribution is -0.151. The fourth-order valence-electron chi connectivity index (χ4n) is 5.93. The summed E-state index contributed by atoms with van der Waals surface area (Å²) in [6, 6.07) is 48.5. The molecule has 0 radical (unpaired) electrons. The average Bonchev–Trinajstić information content (AvgIpc) is 3.07. The molecule has 0 heterocycles. The van der Waals surface area contributed by atoms with Gasteiger partial charge in [0, 0.05) is 0 Å². The van der Waals surface area contributed by atoms with Crippen molar-refractivity contribution in [1.29, 1.82) is 0 Å². The van der Waals surface area contributed by atoms with Crippen LogP contribution in [0.1, 0.15) is 46.2 Å². The highest BCUT2D eigenvalue weighted by Crippen LogP contribution is 2.41. The normalized spacial score (nSPS) is 12.8. The van der Waals surface area contributed by atoms with Gasteiger partial charge >= 0.3 is 5.97 Å². The second-order valence-electron chi connectivity index (χ2n) is 11.3. The van der Waals surface area contributed by atoms with Crippen molar-refractivity contribution in [3.63, 3.8) is 0 Å². The molecule has 0 aliphatic rings. The Bertz CT molecular complexity index is 1470. The molecule has 0 aromatic heterocycles. The summed E-state index contributed by atoms with van der Waals surface area (Å²) in [5.41, 5.74) is 5.30. The van der Waals surface area contributed by atoms with Gasteiger partial charge in [-0.15, -0.1) is 0 Å². The number of aliphatic hydroxyl groups excluding tert-OH is 1. The first kappa shape index (κ1) is 30.9. The molecule has 0 aliphatic carbocycles. The molecule has 0 fully saturated rings. The Kier molecular flexibility index (Phi) is 10.7. The summed E-state index contributed by atoms with van der Waals surface area (Å²) < 4.78 is 6.74. The molecule has 0 bridgehead atoms. The second-order valence-corrected chi connectivity index (χ2v) is 11.3. The van der Waals surface area contributed by atoms with Crippen LogP contribution in [0.25, 0.3) is 0 Å². The monoisotopic (exact) mass is 584 g/mol. The van der Waals surface area contributed by atoms with Gasteiger partial charge in [0.2, 0.25) is 0 Å². The summed E-state index contributed by atoms with van der Waals surface area (Å²) in [5, 5.41) is 21.5. The maximum Gasteiger partial charge on any atom is 0.311 e. The van der Waals surface area contributed by atoms with Crippen LogP contribution >= 0.6 is 0 Å². The lowest BCUT2D eigenvalue weighted by atomic mass is 9.80. The van der Waals surface area contributed by atoms with Gasteiger partial charge in [-0.1, -0.05) is 146 Å². The fraction of sp³-hybridized carbons (Fsp3) is 0.225. The Morgan fingerprint density at radius 2 is 1.02 bits per heavy atom. The first-order valence-corrected chi connectivity index (χ1v) is 15.4. The molecular weight excluding hydrogens is 544 g/mol. The number of aliphatic hydroxyl groups is 1. The molecule has 5 rings (SSSR count). The van der Waals surface area contributed by atoms with Gasteiger partial charge in [-0.05, 0) is 65.5 Å². The van der Waals surface area contributed by atoms with Crippen molar-refractivity contribution in [2.45, 2.75) is 43.8 Å². The summed E-state index contributed by atoms with van der Waals surface area (Å²) in [6.07, 6.45) is 2.88. The summed E-state index contributed by atoms with van der Waals surface area (Å²) in [5.74, 6) is -2.17. The SMILES string of the molecule is O=C(O)[C@H](COC(c1ccccc1)(c1ccccc1)c1ccccc1)[C@H](O)CCc1cccc(CCCc2ccccc2)c1. The van der Waals surface area contributed by atoms with Crippen LogP contribution in [0.3, 0.4) is 0 Å². The quantitative estimate of drug-likeness (QED) is 0.123.